The Morgan fingerprint density at radius 3 is 2.77 bits per heavy atom. The van der Waals surface area contributed by atoms with Gasteiger partial charge < -0.3 is 14.6 Å². The van der Waals surface area contributed by atoms with E-state index < -0.39 is 5.97 Å². The number of carbonyl (C=O) groups is 1. The van der Waals surface area contributed by atoms with Crippen LogP contribution in [0.4, 0.5) is 0 Å². The van der Waals surface area contributed by atoms with Crippen LogP contribution in [0.2, 0.25) is 5.02 Å². The highest BCUT2D eigenvalue weighted by molar-refractivity contribution is 6.30. The molecular weight excluding hydrogens is 352 g/mol. The Labute approximate surface area is 158 Å². The number of benzene rings is 2. The first-order valence-corrected chi connectivity index (χ1v) is 8.83. The molecule has 0 saturated heterocycles. The van der Waals surface area contributed by atoms with Gasteiger partial charge in [0.2, 0.25) is 0 Å². The number of allylic oxidation sites excluding steroid dienone is 1. The van der Waals surface area contributed by atoms with Crippen LogP contribution in [0.15, 0.2) is 36.6 Å². The Morgan fingerprint density at radius 1 is 1.27 bits per heavy atom. The quantitative estimate of drug-likeness (QED) is 0.775. The molecule has 1 heterocycles. The normalized spacial score (nSPS) is 12.7. The molecule has 0 spiro atoms. The fourth-order valence-electron chi connectivity index (χ4n) is 3.15. The van der Waals surface area contributed by atoms with Gasteiger partial charge in [-0.05, 0) is 55.2 Å². The molecule has 0 aliphatic carbocycles. The Bertz CT molecular complexity index is 886. The molecule has 4 nitrogen and oxygen atoms in total. The van der Waals surface area contributed by atoms with Gasteiger partial charge in [0.1, 0.15) is 23.9 Å². The minimum absolute atomic E-state index is 0.121. The zero-order chi connectivity index (χ0) is 18.8. The number of hydrogen-bond donors (Lipinski definition) is 1. The molecule has 136 valence electrons. The molecule has 1 aliphatic rings. The lowest BCUT2D eigenvalue weighted by molar-refractivity contribution is -0.136. The predicted molar refractivity (Wildman–Crippen MR) is 101 cm³/mol. The van der Waals surface area contributed by atoms with Crippen LogP contribution in [-0.2, 0) is 24.2 Å². The number of fused-ring (bicyclic) bond motifs is 1. The molecule has 3 rings (SSSR count). The number of halogens is 1. The molecule has 2 aromatic rings. The standard InChI is InChI=1S/C21H21ClO4/c1-12-8-16-9-18(22)10-17(21(16)26-12)11-25-19-6-4-15(5-7-20(23)24)13(2)14(19)3/h4,6,9-10H,1,5,7-8,11H2,2-3H3,(H,23,24). The van der Waals surface area contributed by atoms with Crippen LogP contribution in [0.5, 0.6) is 11.5 Å². The summed E-state index contributed by atoms with van der Waals surface area (Å²) in [4.78, 5) is 10.8. The van der Waals surface area contributed by atoms with Crippen LogP contribution in [0, 0.1) is 13.8 Å². The summed E-state index contributed by atoms with van der Waals surface area (Å²) in [7, 11) is 0. The van der Waals surface area contributed by atoms with Crippen LogP contribution in [0.3, 0.4) is 0 Å². The lowest BCUT2D eigenvalue weighted by Gasteiger charge is -2.15. The van der Waals surface area contributed by atoms with Crippen molar-refractivity contribution in [3.8, 4) is 11.5 Å². The number of hydrogen-bond acceptors (Lipinski definition) is 3. The fourth-order valence-corrected chi connectivity index (χ4v) is 3.41. The maximum atomic E-state index is 10.8. The number of ether oxygens (including phenoxy) is 2. The summed E-state index contributed by atoms with van der Waals surface area (Å²) >= 11 is 6.21. The molecule has 1 aliphatic heterocycles. The molecule has 0 bridgehead atoms. The van der Waals surface area contributed by atoms with Gasteiger partial charge in [-0.15, -0.1) is 0 Å². The molecule has 5 heteroatoms. The third kappa shape index (κ3) is 3.86. The van der Waals surface area contributed by atoms with Crippen LogP contribution in [0.1, 0.15) is 34.2 Å². The second kappa shape index (κ2) is 7.42. The molecule has 0 atom stereocenters. The lowest BCUT2D eigenvalue weighted by atomic mass is 9.99. The Hall–Kier alpha value is -2.46. The van der Waals surface area contributed by atoms with Crippen LogP contribution in [0.25, 0.3) is 0 Å². The number of aryl methyl sites for hydroxylation is 1. The van der Waals surface area contributed by atoms with Crippen LogP contribution in [-0.4, -0.2) is 11.1 Å². The van der Waals surface area contributed by atoms with Crippen molar-refractivity contribution < 1.29 is 19.4 Å². The topological polar surface area (TPSA) is 55.8 Å². The fraction of sp³-hybridized carbons (Fsp3) is 0.286. The van der Waals surface area contributed by atoms with E-state index in [0.717, 1.165) is 39.3 Å². The average Bonchev–Trinajstić information content (AvgIpc) is 2.95. The second-order valence-corrected chi connectivity index (χ2v) is 6.96. The Morgan fingerprint density at radius 2 is 2.04 bits per heavy atom. The van der Waals surface area contributed by atoms with Gasteiger partial charge in [-0.2, -0.15) is 0 Å². The van der Waals surface area contributed by atoms with Crippen molar-refractivity contribution >= 4 is 17.6 Å². The monoisotopic (exact) mass is 372 g/mol. The van der Waals surface area contributed by atoms with Gasteiger partial charge in [0.05, 0.1) is 0 Å². The van der Waals surface area contributed by atoms with Gasteiger partial charge in [0.25, 0.3) is 0 Å². The molecule has 2 aromatic carbocycles. The van der Waals surface area contributed by atoms with Crippen molar-refractivity contribution in [2.45, 2.75) is 39.7 Å². The third-order valence-corrected chi connectivity index (χ3v) is 4.90. The highest BCUT2D eigenvalue weighted by Gasteiger charge is 2.21. The van der Waals surface area contributed by atoms with Gasteiger partial charge in [0.15, 0.2) is 0 Å². The summed E-state index contributed by atoms with van der Waals surface area (Å²) in [6.45, 7) is 8.18. The number of aliphatic carboxylic acids is 1. The van der Waals surface area contributed by atoms with E-state index >= 15 is 0 Å². The van der Waals surface area contributed by atoms with Crippen LogP contribution >= 0.6 is 11.6 Å². The first kappa shape index (κ1) is 18.3. The number of carboxylic acids is 1. The maximum absolute atomic E-state index is 10.8. The van der Waals surface area contributed by atoms with Gasteiger partial charge >= 0.3 is 5.97 Å². The van der Waals surface area contributed by atoms with Gasteiger partial charge in [-0.25, -0.2) is 0 Å². The van der Waals surface area contributed by atoms with Gasteiger partial charge in [-0.1, -0.05) is 24.2 Å². The summed E-state index contributed by atoms with van der Waals surface area (Å²) in [6, 6.07) is 7.57. The SMILES string of the molecule is C=C1Cc2cc(Cl)cc(COc3ccc(CCC(=O)O)c(C)c3C)c2O1. The van der Waals surface area contributed by atoms with E-state index in [4.69, 9.17) is 26.2 Å². The van der Waals surface area contributed by atoms with Crippen molar-refractivity contribution in [1.29, 1.82) is 0 Å². The zero-order valence-corrected chi connectivity index (χ0v) is 15.7. The number of rotatable bonds is 6. The van der Waals surface area contributed by atoms with Gasteiger partial charge in [0, 0.05) is 29.0 Å². The highest BCUT2D eigenvalue weighted by Crippen LogP contribution is 2.37. The van der Waals surface area contributed by atoms with Crippen LogP contribution < -0.4 is 9.47 Å². The molecule has 1 N–H and O–H groups in total. The molecule has 0 radical (unpaired) electrons. The Balaban J connectivity index is 1.78. The van der Waals surface area contributed by atoms with E-state index in [0.29, 0.717) is 30.2 Å². The predicted octanol–water partition coefficient (Wildman–Crippen LogP) is 5.00. The van der Waals surface area contributed by atoms with Crippen molar-refractivity contribution in [3.05, 3.63) is 69.4 Å². The minimum Gasteiger partial charge on any atom is -0.488 e. The van der Waals surface area contributed by atoms with E-state index in [1.165, 1.54) is 0 Å². The smallest absolute Gasteiger partial charge is 0.303 e. The lowest BCUT2D eigenvalue weighted by Crippen LogP contribution is -2.03. The number of carboxylic acid groups (broad SMARTS) is 1. The van der Waals surface area contributed by atoms with Gasteiger partial charge in [-0.3, -0.25) is 4.79 Å². The maximum Gasteiger partial charge on any atom is 0.303 e. The Kier molecular flexibility index (Phi) is 5.23. The summed E-state index contributed by atoms with van der Waals surface area (Å²) in [5.41, 5.74) is 5.01. The third-order valence-electron chi connectivity index (χ3n) is 4.68. The van der Waals surface area contributed by atoms with E-state index in [2.05, 4.69) is 6.58 Å². The van der Waals surface area contributed by atoms with E-state index in [1.807, 2.05) is 38.1 Å². The van der Waals surface area contributed by atoms with E-state index in [1.54, 1.807) is 0 Å². The summed E-state index contributed by atoms with van der Waals surface area (Å²) < 4.78 is 11.7. The summed E-state index contributed by atoms with van der Waals surface area (Å²) in [5, 5.41) is 9.51. The molecule has 0 aromatic heterocycles. The largest absolute Gasteiger partial charge is 0.488 e. The molecule has 0 saturated carbocycles. The van der Waals surface area contributed by atoms with E-state index in [9.17, 15) is 4.79 Å². The molecule has 0 amide bonds. The highest BCUT2D eigenvalue weighted by atomic mass is 35.5. The minimum atomic E-state index is -0.793. The molecule has 0 unspecified atom stereocenters. The first-order valence-electron chi connectivity index (χ1n) is 8.45. The molecule has 0 fully saturated rings. The summed E-state index contributed by atoms with van der Waals surface area (Å²) in [5.74, 6) is 1.47. The average molecular weight is 373 g/mol. The summed E-state index contributed by atoms with van der Waals surface area (Å²) in [6.07, 6.45) is 1.30. The first-order chi connectivity index (χ1) is 12.3. The zero-order valence-electron chi connectivity index (χ0n) is 14.9. The molecular formula is C21H21ClO4. The second-order valence-electron chi connectivity index (χ2n) is 6.53. The van der Waals surface area contributed by atoms with Crippen molar-refractivity contribution in [2.24, 2.45) is 0 Å². The van der Waals surface area contributed by atoms with Crippen molar-refractivity contribution in [2.75, 3.05) is 0 Å². The van der Waals surface area contributed by atoms with Crippen molar-refractivity contribution in [3.63, 3.8) is 0 Å². The van der Waals surface area contributed by atoms with E-state index in [-0.39, 0.29) is 6.42 Å². The molecule has 26 heavy (non-hydrogen) atoms. The van der Waals surface area contributed by atoms with Crippen molar-refractivity contribution in [1.82, 2.24) is 0 Å².